The molecule has 0 spiro atoms. The molecule has 0 aliphatic carbocycles. The average molecular weight is 432 g/mol. The van der Waals surface area contributed by atoms with Crippen LogP contribution in [0.25, 0.3) is 6.08 Å². The van der Waals surface area contributed by atoms with Crippen molar-refractivity contribution in [3.63, 3.8) is 0 Å². The molecule has 1 N–H and O–H groups in total. The fraction of sp³-hybridized carbons (Fsp3) is 0.259. The number of carboxylic acid groups (broad SMARTS) is 1. The lowest BCUT2D eigenvalue weighted by atomic mass is 10.00. The fourth-order valence-corrected chi connectivity index (χ4v) is 3.33. The predicted molar refractivity (Wildman–Crippen MR) is 126 cm³/mol. The number of aliphatic carboxylic acids is 1. The Hall–Kier alpha value is -3.44. The zero-order valence-electron chi connectivity index (χ0n) is 18.7. The molecule has 5 heteroatoms. The smallest absolute Gasteiger partial charge is 0.332 e. The van der Waals surface area contributed by atoms with Gasteiger partial charge in [-0.2, -0.15) is 0 Å². The number of hydrogen-bond donors (Lipinski definition) is 1. The Kier molecular flexibility index (Phi) is 7.79. The zero-order chi connectivity index (χ0) is 23.1. The molecule has 3 aromatic rings. The molecule has 166 valence electrons. The topological polar surface area (TPSA) is 68.5 Å². The highest BCUT2D eigenvalue weighted by Gasteiger charge is 2.13. The Bertz CT molecular complexity index is 1090. The monoisotopic (exact) mass is 431 g/mol. The molecule has 0 amide bonds. The van der Waals surface area contributed by atoms with Gasteiger partial charge in [0.05, 0.1) is 12.3 Å². The molecule has 5 nitrogen and oxygen atoms in total. The van der Waals surface area contributed by atoms with E-state index >= 15 is 0 Å². The Morgan fingerprint density at radius 3 is 2.47 bits per heavy atom. The molecule has 0 bridgehead atoms. The molecular formula is C27H29NO4. The van der Waals surface area contributed by atoms with E-state index < -0.39 is 12.1 Å². The molecule has 0 aliphatic heterocycles. The van der Waals surface area contributed by atoms with Crippen molar-refractivity contribution in [2.75, 3.05) is 0 Å². The van der Waals surface area contributed by atoms with E-state index in [1.54, 1.807) is 0 Å². The fourth-order valence-electron chi connectivity index (χ4n) is 3.33. The van der Waals surface area contributed by atoms with Gasteiger partial charge in [0.15, 0.2) is 6.10 Å². The van der Waals surface area contributed by atoms with Gasteiger partial charge in [-0.3, -0.25) is 4.79 Å². The van der Waals surface area contributed by atoms with Gasteiger partial charge in [-0.1, -0.05) is 68.5 Å². The van der Waals surface area contributed by atoms with Crippen molar-refractivity contribution in [2.45, 2.75) is 45.9 Å². The van der Waals surface area contributed by atoms with Crippen LogP contribution in [0.3, 0.4) is 0 Å². The number of nitrogens with zero attached hydrogens (tertiary/aromatic N) is 1. The van der Waals surface area contributed by atoms with Crippen LogP contribution in [0.2, 0.25) is 0 Å². The summed E-state index contributed by atoms with van der Waals surface area (Å²) >= 11 is 0. The highest BCUT2D eigenvalue weighted by Crippen LogP contribution is 2.17. The predicted octanol–water partition coefficient (Wildman–Crippen LogP) is 5.55. The molecule has 0 saturated heterocycles. The van der Waals surface area contributed by atoms with Crippen molar-refractivity contribution in [2.24, 2.45) is 0 Å². The summed E-state index contributed by atoms with van der Waals surface area (Å²) < 4.78 is 7.27. The van der Waals surface area contributed by atoms with Crippen molar-refractivity contribution >= 4 is 17.8 Å². The molecule has 32 heavy (non-hydrogen) atoms. The molecular weight excluding hydrogens is 402 g/mol. The largest absolute Gasteiger partial charge is 0.479 e. The van der Waals surface area contributed by atoms with E-state index in [4.69, 9.17) is 9.84 Å². The standard InChI is InChI=1S/C27H29NO4/c1-19(2)23-11-13-24(14-12-23)26(29)25-10-6-16-28(25)15-5-9-21-7-4-8-22(17-21)18-32-20(3)27(30)31/h4-14,16-17,19-20H,15,18H2,1-3H3,(H,30,31)/t20-/m1/s1. The minimum atomic E-state index is -0.978. The van der Waals surface area contributed by atoms with Crippen LogP contribution in [-0.2, 0) is 22.7 Å². The van der Waals surface area contributed by atoms with Crippen molar-refractivity contribution < 1.29 is 19.4 Å². The summed E-state index contributed by atoms with van der Waals surface area (Å²) in [7, 11) is 0. The minimum Gasteiger partial charge on any atom is -0.479 e. The Morgan fingerprint density at radius 1 is 1.03 bits per heavy atom. The third kappa shape index (κ3) is 6.05. The third-order valence-electron chi connectivity index (χ3n) is 5.31. The van der Waals surface area contributed by atoms with Crippen LogP contribution in [0.4, 0.5) is 0 Å². The number of carbonyl (C=O) groups excluding carboxylic acids is 1. The number of ether oxygens (including phenoxy) is 1. The van der Waals surface area contributed by atoms with E-state index in [1.807, 2.05) is 83.6 Å². The van der Waals surface area contributed by atoms with Crippen molar-refractivity contribution in [1.29, 1.82) is 0 Å². The normalized spacial score (nSPS) is 12.4. The maximum Gasteiger partial charge on any atom is 0.332 e. The third-order valence-corrected chi connectivity index (χ3v) is 5.31. The zero-order valence-corrected chi connectivity index (χ0v) is 18.7. The summed E-state index contributed by atoms with van der Waals surface area (Å²) in [6.45, 7) is 6.58. The molecule has 1 atom stereocenters. The summed E-state index contributed by atoms with van der Waals surface area (Å²) in [5.74, 6) is -0.543. The molecule has 3 rings (SSSR count). The number of ketones is 1. The Morgan fingerprint density at radius 2 is 1.78 bits per heavy atom. The number of carbonyl (C=O) groups is 2. The summed E-state index contributed by atoms with van der Waals surface area (Å²) in [5, 5.41) is 8.93. The van der Waals surface area contributed by atoms with Crippen LogP contribution in [0.5, 0.6) is 0 Å². The lowest BCUT2D eigenvalue weighted by Gasteiger charge is -2.09. The van der Waals surface area contributed by atoms with E-state index in [9.17, 15) is 9.59 Å². The van der Waals surface area contributed by atoms with Crippen molar-refractivity contribution in [3.05, 3.63) is 101 Å². The second-order valence-electron chi connectivity index (χ2n) is 8.09. The quantitative estimate of drug-likeness (QED) is 0.428. The van der Waals surface area contributed by atoms with Crippen LogP contribution in [0, 0.1) is 0 Å². The highest BCUT2D eigenvalue weighted by atomic mass is 16.5. The van der Waals surface area contributed by atoms with Gasteiger partial charge in [-0.15, -0.1) is 0 Å². The number of rotatable bonds is 10. The number of allylic oxidation sites excluding steroid dienone is 1. The first-order chi connectivity index (χ1) is 15.3. The van der Waals surface area contributed by atoms with E-state index in [0.717, 1.165) is 11.1 Å². The van der Waals surface area contributed by atoms with Crippen LogP contribution >= 0.6 is 0 Å². The maximum atomic E-state index is 13.0. The van der Waals surface area contributed by atoms with E-state index in [0.29, 0.717) is 23.7 Å². The molecule has 0 radical (unpaired) electrons. The molecule has 0 fully saturated rings. The maximum absolute atomic E-state index is 13.0. The van der Waals surface area contributed by atoms with Crippen LogP contribution < -0.4 is 0 Å². The van der Waals surface area contributed by atoms with Gasteiger partial charge in [0, 0.05) is 18.3 Å². The highest BCUT2D eigenvalue weighted by molar-refractivity contribution is 6.08. The van der Waals surface area contributed by atoms with Crippen molar-refractivity contribution in [3.8, 4) is 0 Å². The van der Waals surface area contributed by atoms with Gasteiger partial charge >= 0.3 is 5.97 Å². The van der Waals surface area contributed by atoms with Gasteiger partial charge in [-0.25, -0.2) is 4.79 Å². The molecule has 2 aromatic carbocycles. The van der Waals surface area contributed by atoms with E-state index in [-0.39, 0.29) is 12.4 Å². The summed E-state index contributed by atoms with van der Waals surface area (Å²) in [6, 6.07) is 19.3. The first-order valence-electron chi connectivity index (χ1n) is 10.7. The SMILES string of the molecule is CC(C)c1ccc(C(=O)c2cccn2CC=Cc2cccc(CO[C@H](C)C(=O)O)c2)cc1. The van der Waals surface area contributed by atoms with Crippen LogP contribution in [0.15, 0.2) is 72.9 Å². The summed E-state index contributed by atoms with van der Waals surface area (Å²) in [4.78, 5) is 23.8. The number of carboxylic acids is 1. The first kappa shape index (κ1) is 23.2. The number of hydrogen-bond acceptors (Lipinski definition) is 3. The lowest BCUT2D eigenvalue weighted by molar-refractivity contribution is -0.149. The summed E-state index contributed by atoms with van der Waals surface area (Å²) in [6.07, 6.45) is 5.03. The van der Waals surface area contributed by atoms with Gasteiger partial charge in [0.25, 0.3) is 0 Å². The van der Waals surface area contributed by atoms with Crippen molar-refractivity contribution in [1.82, 2.24) is 4.57 Å². The second kappa shape index (κ2) is 10.7. The molecule has 0 saturated carbocycles. The number of benzene rings is 2. The first-order valence-corrected chi connectivity index (χ1v) is 10.7. The molecule has 1 aromatic heterocycles. The summed E-state index contributed by atoms with van der Waals surface area (Å²) in [5.41, 5.74) is 4.43. The van der Waals surface area contributed by atoms with Gasteiger partial charge in [0.1, 0.15) is 0 Å². The molecule has 0 aliphatic rings. The molecule has 1 heterocycles. The van der Waals surface area contributed by atoms with E-state index in [2.05, 4.69) is 13.8 Å². The molecule has 0 unspecified atom stereocenters. The minimum absolute atomic E-state index is 0.00500. The Labute approximate surface area is 189 Å². The van der Waals surface area contributed by atoms with Crippen LogP contribution in [0.1, 0.15) is 59.4 Å². The number of aromatic nitrogens is 1. The lowest BCUT2D eigenvalue weighted by Crippen LogP contribution is -2.19. The van der Waals surface area contributed by atoms with Crippen LogP contribution in [-0.4, -0.2) is 27.5 Å². The Balaban J connectivity index is 1.65. The average Bonchev–Trinajstić information content (AvgIpc) is 3.25. The van der Waals surface area contributed by atoms with Gasteiger partial charge in [-0.05, 0) is 47.7 Å². The van der Waals surface area contributed by atoms with E-state index in [1.165, 1.54) is 12.5 Å². The van der Waals surface area contributed by atoms with Gasteiger partial charge < -0.3 is 14.4 Å². The second-order valence-corrected chi connectivity index (χ2v) is 8.09. The van der Waals surface area contributed by atoms with Gasteiger partial charge in [0.2, 0.25) is 5.78 Å².